The number of carbonyl (C=O) groups excluding carboxylic acids is 1. The Bertz CT molecular complexity index is 1070. The van der Waals surface area contributed by atoms with Gasteiger partial charge in [0.05, 0.1) is 25.0 Å². The van der Waals surface area contributed by atoms with Gasteiger partial charge in [-0.1, -0.05) is 17.8 Å². The summed E-state index contributed by atoms with van der Waals surface area (Å²) in [5, 5.41) is 8.18. The number of cyclic esters (lactones) is 1. The van der Waals surface area contributed by atoms with Gasteiger partial charge in [0, 0.05) is 12.0 Å². The Morgan fingerprint density at radius 1 is 1.17 bits per heavy atom. The lowest BCUT2D eigenvalue weighted by Gasteiger charge is -2.14. The predicted octanol–water partition coefficient (Wildman–Crippen LogP) is 4.37. The number of alkyl halides is 3. The first-order valence-electron chi connectivity index (χ1n) is 8.97. The first-order valence-corrected chi connectivity index (χ1v) is 9.85. The highest BCUT2D eigenvalue weighted by Gasteiger charge is 2.33. The second-order valence-electron chi connectivity index (χ2n) is 6.48. The summed E-state index contributed by atoms with van der Waals surface area (Å²) in [7, 11) is 1.54. The molecule has 30 heavy (non-hydrogen) atoms. The molecule has 1 fully saturated rings. The number of carbonyl (C=O) groups is 1. The number of nitrogens with zero attached hydrogens (tertiary/aromatic N) is 3. The normalized spacial score (nSPS) is 16.5. The van der Waals surface area contributed by atoms with Gasteiger partial charge in [-0.2, -0.15) is 13.2 Å². The van der Waals surface area contributed by atoms with E-state index in [0.717, 1.165) is 23.9 Å². The van der Waals surface area contributed by atoms with Crippen LogP contribution in [0.1, 0.15) is 12.0 Å². The van der Waals surface area contributed by atoms with Crippen LogP contribution in [-0.2, 0) is 15.7 Å². The van der Waals surface area contributed by atoms with Crippen molar-refractivity contribution in [2.75, 3.05) is 13.7 Å². The van der Waals surface area contributed by atoms with Crippen molar-refractivity contribution in [3.05, 3.63) is 54.1 Å². The van der Waals surface area contributed by atoms with Gasteiger partial charge in [0.2, 0.25) is 0 Å². The van der Waals surface area contributed by atoms with E-state index in [0.29, 0.717) is 35.3 Å². The minimum absolute atomic E-state index is 0.245. The number of hydrogen-bond acceptors (Lipinski definition) is 6. The fourth-order valence-electron chi connectivity index (χ4n) is 3.04. The molecule has 1 unspecified atom stereocenters. The zero-order valence-corrected chi connectivity index (χ0v) is 16.5. The number of halogens is 3. The van der Waals surface area contributed by atoms with Crippen molar-refractivity contribution in [2.24, 2.45) is 0 Å². The zero-order chi connectivity index (χ0) is 21.3. The Kier molecular flexibility index (Phi) is 5.42. The molecular formula is C20H16F3N3O3S. The van der Waals surface area contributed by atoms with Crippen LogP contribution in [0.5, 0.6) is 5.75 Å². The predicted molar refractivity (Wildman–Crippen MR) is 104 cm³/mol. The van der Waals surface area contributed by atoms with Gasteiger partial charge in [0.1, 0.15) is 11.0 Å². The molecule has 6 nitrogen and oxygen atoms in total. The lowest BCUT2D eigenvalue weighted by molar-refractivity contribution is -0.138. The van der Waals surface area contributed by atoms with Crippen LogP contribution in [-0.4, -0.2) is 39.7 Å². The van der Waals surface area contributed by atoms with E-state index in [1.54, 1.807) is 30.3 Å². The van der Waals surface area contributed by atoms with Gasteiger partial charge < -0.3 is 9.47 Å². The van der Waals surface area contributed by atoms with Gasteiger partial charge in [-0.25, -0.2) is 0 Å². The molecule has 1 saturated heterocycles. The number of benzene rings is 2. The highest BCUT2D eigenvalue weighted by atomic mass is 32.2. The maximum atomic E-state index is 13.3. The number of methoxy groups -OCH3 is 1. The molecular weight excluding hydrogens is 419 g/mol. The molecule has 10 heteroatoms. The van der Waals surface area contributed by atoms with E-state index in [2.05, 4.69) is 10.2 Å². The van der Waals surface area contributed by atoms with Gasteiger partial charge in [0.25, 0.3) is 0 Å². The molecule has 0 bridgehead atoms. The van der Waals surface area contributed by atoms with E-state index < -0.39 is 17.0 Å². The molecule has 0 aliphatic carbocycles. The fourth-order valence-corrected chi connectivity index (χ4v) is 4.06. The number of esters is 1. The lowest BCUT2D eigenvalue weighted by atomic mass is 10.1. The van der Waals surface area contributed by atoms with E-state index in [4.69, 9.17) is 9.47 Å². The maximum absolute atomic E-state index is 13.3. The molecule has 0 N–H and O–H groups in total. The molecule has 0 radical (unpaired) electrons. The van der Waals surface area contributed by atoms with E-state index in [1.165, 1.54) is 17.7 Å². The fraction of sp³-hybridized carbons (Fsp3) is 0.250. The van der Waals surface area contributed by atoms with E-state index in [1.807, 2.05) is 0 Å². The SMILES string of the molecule is COc1ccc(-c2nnc(SC3CCOC3=O)n2-c2cccc(C(F)(F)F)c2)cc1. The minimum Gasteiger partial charge on any atom is -0.497 e. The summed E-state index contributed by atoms with van der Waals surface area (Å²) in [5.41, 5.74) is 0.0988. The summed E-state index contributed by atoms with van der Waals surface area (Å²) < 4.78 is 51.5. The van der Waals surface area contributed by atoms with Crippen LogP contribution < -0.4 is 4.74 Å². The zero-order valence-electron chi connectivity index (χ0n) is 15.7. The molecule has 0 saturated carbocycles. The summed E-state index contributed by atoms with van der Waals surface area (Å²) in [5.74, 6) is 0.614. The summed E-state index contributed by atoms with van der Waals surface area (Å²) in [4.78, 5) is 11.9. The number of thioether (sulfide) groups is 1. The van der Waals surface area contributed by atoms with Crippen molar-refractivity contribution in [1.82, 2.24) is 14.8 Å². The standard InChI is InChI=1S/C20H16F3N3O3S/c1-28-15-7-5-12(6-8-15)17-24-25-19(30-16-9-10-29-18(16)27)26(17)14-4-2-3-13(11-14)20(21,22)23/h2-8,11,16H,9-10H2,1H3. The average molecular weight is 435 g/mol. The Labute approximate surface area is 174 Å². The molecule has 1 atom stereocenters. The highest BCUT2D eigenvalue weighted by Crippen LogP contribution is 2.36. The van der Waals surface area contributed by atoms with Crippen LogP contribution in [0.25, 0.3) is 17.1 Å². The molecule has 3 aromatic rings. The van der Waals surface area contributed by atoms with Gasteiger partial charge in [-0.3, -0.25) is 9.36 Å². The Morgan fingerprint density at radius 3 is 2.57 bits per heavy atom. The molecule has 0 amide bonds. The van der Waals surface area contributed by atoms with Crippen LogP contribution in [0.4, 0.5) is 13.2 Å². The highest BCUT2D eigenvalue weighted by molar-refractivity contribution is 8.00. The molecule has 2 aromatic carbocycles. The molecule has 0 spiro atoms. The van der Waals surface area contributed by atoms with Crippen molar-refractivity contribution < 1.29 is 27.4 Å². The first-order chi connectivity index (χ1) is 14.4. The van der Waals surface area contributed by atoms with Gasteiger partial charge in [0.15, 0.2) is 11.0 Å². The van der Waals surface area contributed by atoms with Gasteiger partial charge >= 0.3 is 12.1 Å². The van der Waals surface area contributed by atoms with E-state index in [9.17, 15) is 18.0 Å². The summed E-state index contributed by atoms with van der Waals surface area (Å²) >= 11 is 1.13. The van der Waals surface area contributed by atoms with Gasteiger partial charge in [-0.15, -0.1) is 10.2 Å². The molecule has 156 valence electrons. The second-order valence-corrected chi connectivity index (χ2v) is 7.65. The molecule has 1 aliphatic rings. The smallest absolute Gasteiger partial charge is 0.416 e. The second kappa shape index (κ2) is 8.02. The molecule has 4 rings (SSSR count). The van der Waals surface area contributed by atoms with Crippen molar-refractivity contribution in [3.63, 3.8) is 0 Å². The largest absolute Gasteiger partial charge is 0.497 e. The van der Waals surface area contributed by atoms with Crippen molar-refractivity contribution >= 4 is 17.7 Å². The Hall–Kier alpha value is -3.01. The maximum Gasteiger partial charge on any atom is 0.416 e. The van der Waals surface area contributed by atoms with Crippen molar-refractivity contribution in [3.8, 4) is 22.8 Å². The van der Waals surface area contributed by atoms with Crippen LogP contribution in [0.3, 0.4) is 0 Å². The van der Waals surface area contributed by atoms with E-state index >= 15 is 0 Å². The summed E-state index contributed by atoms with van der Waals surface area (Å²) in [6, 6.07) is 11.8. The topological polar surface area (TPSA) is 66.2 Å². The number of rotatable bonds is 5. The van der Waals surface area contributed by atoms with Crippen molar-refractivity contribution in [1.29, 1.82) is 0 Å². The summed E-state index contributed by atoms with van der Waals surface area (Å²) in [6.45, 7) is 0.305. The minimum atomic E-state index is -4.49. The number of ether oxygens (including phenoxy) is 2. The monoisotopic (exact) mass is 435 g/mol. The van der Waals surface area contributed by atoms with Crippen LogP contribution >= 0.6 is 11.8 Å². The average Bonchev–Trinajstić information content (AvgIpc) is 3.34. The third kappa shape index (κ3) is 4.00. The lowest BCUT2D eigenvalue weighted by Crippen LogP contribution is -2.12. The Balaban J connectivity index is 1.82. The van der Waals surface area contributed by atoms with E-state index in [-0.39, 0.29) is 11.7 Å². The molecule has 2 heterocycles. The van der Waals surface area contributed by atoms with Gasteiger partial charge in [-0.05, 0) is 42.5 Å². The molecule has 1 aliphatic heterocycles. The van der Waals surface area contributed by atoms with Crippen LogP contribution in [0, 0.1) is 0 Å². The third-order valence-electron chi connectivity index (χ3n) is 4.55. The van der Waals surface area contributed by atoms with Crippen LogP contribution in [0.15, 0.2) is 53.7 Å². The van der Waals surface area contributed by atoms with Crippen LogP contribution in [0.2, 0.25) is 0 Å². The number of aromatic nitrogens is 3. The molecule has 1 aromatic heterocycles. The third-order valence-corrected chi connectivity index (χ3v) is 5.74. The Morgan fingerprint density at radius 2 is 1.93 bits per heavy atom. The summed E-state index contributed by atoms with van der Waals surface area (Å²) in [6.07, 6.45) is -4.00. The first kappa shape index (κ1) is 20.3. The number of hydrogen-bond donors (Lipinski definition) is 0. The van der Waals surface area contributed by atoms with Crippen molar-refractivity contribution in [2.45, 2.75) is 23.0 Å². The quantitative estimate of drug-likeness (QED) is 0.555.